The summed E-state index contributed by atoms with van der Waals surface area (Å²) in [7, 11) is 0. The number of allylic oxidation sites excluding steroid dienone is 2. The Hall–Kier alpha value is -2.95. The molecule has 0 saturated carbocycles. The van der Waals surface area contributed by atoms with Crippen molar-refractivity contribution < 1.29 is 4.79 Å². The van der Waals surface area contributed by atoms with Crippen molar-refractivity contribution in [1.82, 2.24) is 19.1 Å². The Labute approximate surface area is 179 Å². The van der Waals surface area contributed by atoms with Crippen LogP contribution in [0.2, 0.25) is 0 Å². The maximum absolute atomic E-state index is 12.5. The molecule has 0 bridgehead atoms. The van der Waals surface area contributed by atoms with Gasteiger partial charge in [0.2, 0.25) is 0 Å². The summed E-state index contributed by atoms with van der Waals surface area (Å²) in [5, 5.41) is 0. The van der Waals surface area contributed by atoms with Gasteiger partial charge in [-0.3, -0.25) is 4.79 Å². The summed E-state index contributed by atoms with van der Waals surface area (Å²) in [6.45, 7) is 8.73. The highest BCUT2D eigenvalue weighted by Gasteiger charge is 2.13. The van der Waals surface area contributed by atoms with Crippen LogP contribution >= 0.6 is 0 Å². The average Bonchev–Trinajstić information content (AvgIpc) is 3.35. The van der Waals surface area contributed by atoms with Crippen molar-refractivity contribution in [2.75, 3.05) is 0 Å². The summed E-state index contributed by atoms with van der Waals surface area (Å²) in [5.74, 6) is 1.55. The van der Waals surface area contributed by atoms with Crippen molar-refractivity contribution in [1.29, 1.82) is 0 Å². The number of ketones is 1. The fourth-order valence-electron chi connectivity index (χ4n) is 3.94. The van der Waals surface area contributed by atoms with E-state index in [0.29, 0.717) is 12.1 Å². The van der Waals surface area contributed by atoms with E-state index < -0.39 is 0 Å². The normalized spacial score (nSPS) is 14.1. The molecule has 30 heavy (non-hydrogen) atoms. The molecule has 0 aliphatic carbocycles. The van der Waals surface area contributed by atoms with Crippen LogP contribution in [0, 0.1) is 0 Å². The van der Waals surface area contributed by atoms with Crippen LogP contribution in [0.15, 0.2) is 48.8 Å². The topological polar surface area (TPSA) is 52.7 Å². The molecule has 0 amide bonds. The minimum Gasteiger partial charge on any atom is -0.329 e. The maximum atomic E-state index is 12.5. The van der Waals surface area contributed by atoms with Crippen LogP contribution in [-0.4, -0.2) is 24.9 Å². The van der Waals surface area contributed by atoms with Crippen LogP contribution in [0.3, 0.4) is 0 Å². The van der Waals surface area contributed by atoms with Gasteiger partial charge in [-0.05, 0) is 63.1 Å². The van der Waals surface area contributed by atoms with Gasteiger partial charge in [-0.25, -0.2) is 9.97 Å². The number of hydrogen-bond acceptors (Lipinski definition) is 3. The molecule has 2 atom stereocenters. The first-order valence-electron chi connectivity index (χ1n) is 10.9. The summed E-state index contributed by atoms with van der Waals surface area (Å²) in [6.07, 6.45) is 14.9. The van der Waals surface area contributed by atoms with Gasteiger partial charge in [0.25, 0.3) is 0 Å². The van der Waals surface area contributed by atoms with Gasteiger partial charge >= 0.3 is 0 Å². The molecule has 3 aromatic rings. The molecule has 2 unspecified atom stereocenters. The minimum atomic E-state index is -0.0746. The van der Waals surface area contributed by atoms with E-state index in [4.69, 9.17) is 4.98 Å². The molecule has 0 aliphatic heterocycles. The summed E-state index contributed by atoms with van der Waals surface area (Å²) < 4.78 is 4.34. The fraction of sp³-hybridized carbons (Fsp3) is 0.400. The Morgan fingerprint density at radius 1 is 1.00 bits per heavy atom. The third-order valence-corrected chi connectivity index (χ3v) is 5.44. The lowest BCUT2D eigenvalue weighted by atomic mass is 10.2. The average molecular weight is 405 g/mol. The molecule has 0 radical (unpaired) electrons. The molecule has 0 aliphatic rings. The highest BCUT2D eigenvalue weighted by Crippen LogP contribution is 2.24. The molecule has 0 fully saturated rings. The second-order valence-electron chi connectivity index (χ2n) is 7.87. The SMILES string of the molecule is CCCC(C)n1ccnc1/C=C/C(=O)/C=C/c1nc2ccccc2n1C(C)CCC. The Morgan fingerprint density at radius 2 is 1.67 bits per heavy atom. The van der Waals surface area contributed by atoms with E-state index >= 15 is 0 Å². The van der Waals surface area contributed by atoms with Gasteiger partial charge in [-0.15, -0.1) is 0 Å². The minimum absolute atomic E-state index is 0.0746. The fourth-order valence-corrected chi connectivity index (χ4v) is 3.94. The van der Waals surface area contributed by atoms with Gasteiger partial charge in [0, 0.05) is 24.5 Å². The van der Waals surface area contributed by atoms with Crippen molar-refractivity contribution in [3.8, 4) is 0 Å². The van der Waals surface area contributed by atoms with Crippen molar-refractivity contribution in [3.63, 3.8) is 0 Å². The van der Waals surface area contributed by atoms with E-state index in [2.05, 4.69) is 47.9 Å². The first-order valence-corrected chi connectivity index (χ1v) is 10.9. The summed E-state index contributed by atoms with van der Waals surface area (Å²) >= 11 is 0. The predicted molar refractivity (Wildman–Crippen MR) is 124 cm³/mol. The number of carbonyl (C=O) groups is 1. The Morgan fingerprint density at radius 3 is 2.40 bits per heavy atom. The molecule has 158 valence electrons. The Balaban J connectivity index is 1.80. The monoisotopic (exact) mass is 404 g/mol. The number of rotatable bonds is 10. The maximum Gasteiger partial charge on any atom is 0.178 e. The Bertz CT molecular complexity index is 1040. The van der Waals surface area contributed by atoms with E-state index in [1.807, 2.05) is 30.5 Å². The summed E-state index contributed by atoms with van der Waals surface area (Å²) in [5.41, 5.74) is 2.06. The van der Waals surface area contributed by atoms with Crippen molar-refractivity contribution in [2.45, 2.75) is 65.5 Å². The first-order chi connectivity index (χ1) is 14.5. The van der Waals surface area contributed by atoms with Crippen LogP contribution in [0.4, 0.5) is 0 Å². The zero-order valence-corrected chi connectivity index (χ0v) is 18.5. The number of nitrogens with zero attached hydrogens (tertiary/aromatic N) is 4. The second kappa shape index (κ2) is 10.2. The van der Waals surface area contributed by atoms with Gasteiger partial charge in [-0.1, -0.05) is 38.8 Å². The van der Waals surface area contributed by atoms with Gasteiger partial charge < -0.3 is 9.13 Å². The van der Waals surface area contributed by atoms with Crippen LogP contribution in [0.25, 0.3) is 23.2 Å². The van der Waals surface area contributed by atoms with Gasteiger partial charge in [0.15, 0.2) is 5.78 Å². The highest BCUT2D eigenvalue weighted by atomic mass is 16.1. The smallest absolute Gasteiger partial charge is 0.178 e. The molecule has 5 nitrogen and oxygen atoms in total. The number of carbonyl (C=O) groups excluding carboxylic acids is 1. The lowest BCUT2D eigenvalue weighted by molar-refractivity contribution is -0.110. The van der Waals surface area contributed by atoms with E-state index in [1.54, 1.807) is 24.4 Å². The van der Waals surface area contributed by atoms with E-state index in [9.17, 15) is 4.79 Å². The van der Waals surface area contributed by atoms with Crippen molar-refractivity contribution in [3.05, 3.63) is 60.5 Å². The zero-order chi connectivity index (χ0) is 21.5. The largest absolute Gasteiger partial charge is 0.329 e. The molecular formula is C25H32N4O. The third-order valence-electron chi connectivity index (χ3n) is 5.44. The molecule has 5 heteroatoms. The van der Waals surface area contributed by atoms with E-state index in [-0.39, 0.29) is 5.78 Å². The summed E-state index contributed by atoms with van der Waals surface area (Å²) in [6, 6.07) is 8.81. The lowest BCUT2D eigenvalue weighted by Crippen LogP contribution is -2.07. The second-order valence-corrected chi connectivity index (χ2v) is 7.87. The number of imidazole rings is 2. The molecule has 0 N–H and O–H groups in total. The van der Waals surface area contributed by atoms with Gasteiger partial charge in [-0.2, -0.15) is 0 Å². The van der Waals surface area contributed by atoms with Gasteiger partial charge in [0.05, 0.1) is 11.0 Å². The quantitative estimate of drug-likeness (QED) is 0.375. The molecule has 0 spiro atoms. The molecular weight excluding hydrogens is 372 g/mol. The van der Waals surface area contributed by atoms with Gasteiger partial charge in [0.1, 0.15) is 11.6 Å². The number of fused-ring (bicyclic) bond motifs is 1. The molecule has 2 heterocycles. The number of aromatic nitrogens is 4. The highest BCUT2D eigenvalue weighted by molar-refractivity contribution is 6.04. The molecule has 1 aromatic carbocycles. The van der Waals surface area contributed by atoms with Crippen LogP contribution in [-0.2, 0) is 4.79 Å². The van der Waals surface area contributed by atoms with E-state index in [0.717, 1.165) is 48.4 Å². The first kappa shape index (κ1) is 21.8. The van der Waals surface area contributed by atoms with Crippen molar-refractivity contribution in [2.24, 2.45) is 0 Å². The van der Waals surface area contributed by atoms with Crippen LogP contribution < -0.4 is 0 Å². The van der Waals surface area contributed by atoms with E-state index in [1.165, 1.54) is 0 Å². The van der Waals surface area contributed by atoms with Crippen molar-refractivity contribution >= 4 is 29.0 Å². The number of benzene rings is 1. The molecule has 3 rings (SSSR count). The lowest BCUT2D eigenvalue weighted by Gasteiger charge is -2.15. The number of hydrogen-bond donors (Lipinski definition) is 0. The van der Waals surface area contributed by atoms with Crippen LogP contribution in [0.1, 0.15) is 77.1 Å². The Kier molecular flexibility index (Phi) is 7.39. The zero-order valence-electron chi connectivity index (χ0n) is 18.5. The standard InChI is InChI=1S/C25H32N4O/c1-5-9-19(3)28-18-17-26-24(28)15-13-21(30)14-16-25-27-22-11-7-8-12-23(22)29(25)20(4)10-6-2/h7-8,11-20H,5-6,9-10H2,1-4H3/b15-13+,16-14+. The number of para-hydroxylation sites is 2. The third kappa shape index (κ3) is 4.96. The molecule has 0 saturated heterocycles. The predicted octanol–water partition coefficient (Wildman–Crippen LogP) is 6.25. The summed E-state index contributed by atoms with van der Waals surface area (Å²) in [4.78, 5) is 21.6. The molecule has 2 aromatic heterocycles. The van der Waals surface area contributed by atoms with Crippen LogP contribution in [0.5, 0.6) is 0 Å².